The lowest BCUT2D eigenvalue weighted by Crippen LogP contribution is -2.57. The van der Waals surface area contributed by atoms with Crippen molar-refractivity contribution in [1.82, 2.24) is 4.90 Å². The number of carbonyl (C=O) groups is 2. The van der Waals surface area contributed by atoms with E-state index in [0.717, 1.165) is 31.4 Å². The Morgan fingerprint density at radius 3 is 3.09 bits per heavy atom. The molecule has 0 radical (unpaired) electrons. The predicted octanol–water partition coefficient (Wildman–Crippen LogP) is 2.76. The van der Waals surface area contributed by atoms with Crippen LogP contribution in [-0.2, 0) is 14.3 Å². The average Bonchev–Trinajstić information content (AvgIpc) is 2.54. The lowest BCUT2D eigenvalue weighted by Gasteiger charge is -2.43. The Morgan fingerprint density at radius 2 is 2.26 bits per heavy atom. The molecule has 0 aromatic heterocycles. The summed E-state index contributed by atoms with van der Waals surface area (Å²) in [5.74, 6) is -0.482. The van der Waals surface area contributed by atoms with Gasteiger partial charge in [0, 0.05) is 16.8 Å². The van der Waals surface area contributed by atoms with Gasteiger partial charge in [-0.2, -0.15) is 0 Å². The van der Waals surface area contributed by atoms with Crippen LogP contribution in [0.3, 0.4) is 0 Å². The van der Waals surface area contributed by atoms with Crippen molar-refractivity contribution >= 4 is 29.2 Å². The summed E-state index contributed by atoms with van der Waals surface area (Å²) in [7, 11) is 0. The number of benzene rings is 1. The first-order valence-corrected chi connectivity index (χ1v) is 8.41. The van der Waals surface area contributed by atoms with E-state index in [1.165, 1.54) is 0 Å². The average molecular weight is 337 g/mol. The van der Waals surface area contributed by atoms with Crippen molar-refractivity contribution in [1.29, 1.82) is 0 Å². The van der Waals surface area contributed by atoms with Crippen LogP contribution in [0, 0.1) is 6.92 Å². The van der Waals surface area contributed by atoms with Crippen LogP contribution >= 0.6 is 11.6 Å². The highest BCUT2D eigenvalue weighted by atomic mass is 35.5. The zero-order valence-corrected chi connectivity index (χ0v) is 13.9. The highest BCUT2D eigenvalue weighted by molar-refractivity contribution is 6.31. The summed E-state index contributed by atoms with van der Waals surface area (Å²) in [5, 5.41) is 3.46. The van der Waals surface area contributed by atoms with Crippen molar-refractivity contribution in [3.63, 3.8) is 0 Å². The number of fused-ring (bicyclic) bond motifs is 1. The first kappa shape index (κ1) is 16.3. The molecule has 2 fully saturated rings. The van der Waals surface area contributed by atoms with Crippen LogP contribution in [0.5, 0.6) is 0 Å². The van der Waals surface area contributed by atoms with E-state index < -0.39 is 6.04 Å². The van der Waals surface area contributed by atoms with Crippen LogP contribution in [0.15, 0.2) is 18.2 Å². The minimum Gasteiger partial charge on any atom is -0.463 e. The third-order valence-corrected chi connectivity index (χ3v) is 5.09. The molecule has 0 aliphatic carbocycles. The SMILES string of the molecule is Cc1c(Cl)cccc1NC(=O)C[C@@H]1C(=O)OC[C@@H]2CCCCN21. The largest absolute Gasteiger partial charge is 0.463 e. The smallest absolute Gasteiger partial charge is 0.323 e. The highest BCUT2D eigenvalue weighted by Gasteiger charge is 2.40. The van der Waals surface area contributed by atoms with Crippen LogP contribution in [0.25, 0.3) is 0 Å². The monoisotopic (exact) mass is 336 g/mol. The molecular formula is C17H21ClN2O3. The number of rotatable bonds is 3. The van der Waals surface area contributed by atoms with Crippen LogP contribution in [0.2, 0.25) is 5.02 Å². The van der Waals surface area contributed by atoms with E-state index in [4.69, 9.17) is 16.3 Å². The molecule has 2 aliphatic heterocycles. The number of ether oxygens (including phenoxy) is 1. The Balaban J connectivity index is 1.68. The van der Waals surface area contributed by atoms with Gasteiger partial charge in [0.25, 0.3) is 0 Å². The number of halogens is 1. The molecule has 5 nitrogen and oxygen atoms in total. The fourth-order valence-electron chi connectivity index (χ4n) is 3.34. The molecule has 0 spiro atoms. The van der Waals surface area contributed by atoms with Gasteiger partial charge in [-0.1, -0.05) is 24.1 Å². The summed E-state index contributed by atoms with van der Waals surface area (Å²) in [6.07, 6.45) is 3.36. The van der Waals surface area contributed by atoms with Crippen molar-refractivity contribution in [3.8, 4) is 0 Å². The van der Waals surface area contributed by atoms with Gasteiger partial charge in [0.2, 0.25) is 5.91 Å². The van der Waals surface area contributed by atoms with Gasteiger partial charge in [-0.3, -0.25) is 14.5 Å². The van der Waals surface area contributed by atoms with E-state index in [-0.39, 0.29) is 24.3 Å². The van der Waals surface area contributed by atoms with E-state index in [0.29, 0.717) is 17.3 Å². The molecular weight excluding hydrogens is 316 g/mol. The zero-order valence-electron chi connectivity index (χ0n) is 13.2. The van der Waals surface area contributed by atoms with Crippen molar-refractivity contribution < 1.29 is 14.3 Å². The van der Waals surface area contributed by atoms with Gasteiger partial charge in [0.05, 0.1) is 6.42 Å². The van der Waals surface area contributed by atoms with Gasteiger partial charge < -0.3 is 10.1 Å². The number of morpholine rings is 1. The maximum atomic E-state index is 12.4. The van der Waals surface area contributed by atoms with Gasteiger partial charge >= 0.3 is 5.97 Å². The molecule has 6 heteroatoms. The Morgan fingerprint density at radius 1 is 1.43 bits per heavy atom. The third-order valence-electron chi connectivity index (χ3n) is 4.68. The summed E-state index contributed by atoms with van der Waals surface area (Å²) in [6, 6.07) is 5.16. The van der Waals surface area contributed by atoms with Crippen LogP contribution in [-0.4, -0.2) is 42.0 Å². The number of amides is 1. The number of piperidine rings is 1. The fourth-order valence-corrected chi connectivity index (χ4v) is 3.52. The van der Waals surface area contributed by atoms with Crippen molar-refractivity contribution in [2.45, 2.75) is 44.7 Å². The summed E-state index contributed by atoms with van der Waals surface area (Å²) >= 11 is 6.07. The van der Waals surface area contributed by atoms with Crippen LogP contribution in [0.4, 0.5) is 5.69 Å². The maximum absolute atomic E-state index is 12.4. The molecule has 2 atom stereocenters. The Kier molecular flexibility index (Phi) is 4.87. The number of cyclic esters (lactones) is 1. The molecule has 0 unspecified atom stereocenters. The Bertz CT molecular complexity index is 620. The number of hydrogen-bond donors (Lipinski definition) is 1. The summed E-state index contributed by atoms with van der Waals surface area (Å²) in [4.78, 5) is 26.6. The predicted molar refractivity (Wildman–Crippen MR) is 88.5 cm³/mol. The van der Waals surface area contributed by atoms with Gasteiger partial charge in [0.1, 0.15) is 12.6 Å². The molecule has 23 heavy (non-hydrogen) atoms. The maximum Gasteiger partial charge on any atom is 0.323 e. The van der Waals surface area contributed by atoms with Crippen molar-refractivity contribution in [2.24, 2.45) is 0 Å². The van der Waals surface area contributed by atoms with E-state index in [1.807, 2.05) is 13.0 Å². The molecule has 3 rings (SSSR count). The molecule has 2 saturated heterocycles. The minimum absolute atomic E-state index is 0.112. The fraction of sp³-hybridized carbons (Fsp3) is 0.529. The van der Waals surface area contributed by atoms with Gasteiger partial charge in [-0.25, -0.2) is 0 Å². The third kappa shape index (κ3) is 3.51. The van der Waals surface area contributed by atoms with Gasteiger partial charge in [-0.05, 0) is 44.0 Å². The standard InChI is InChI=1S/C17H21ClN2O3/c1-11-13(18)6-4-7-14(11)19-16(21)9-15-17(22)23-10-12-5-2-3-8-20(12)15/h4,6-7,12,15H,2-3,5,8-10H2,1H3,(H,19,21)/t12-,15+/m0/s1. The van der Waals surface area contributed by atoms with Gasteiger partial charge in [0.15, 0.2) is 0 Å². The number of nitrogens with zero attached hydrogens (tertiary/aromatic N) is 1. The number of hydrogen-bond acceptors (Lipinski definition) is 4. The molecule has 124 valence electrons. The Labute approximate surface area is 140 Å². The summed E-state index contributed by atoms with van der Waals surface area (Å²) in [5.41, 5.74) is 1.51. The molecule has 1 N–H and O–H groups in total. The summed E-state index contributed by atoms with van der Waals surface area (Å²) < 4.78 is 5.27. The van der Waals surface area contributed by atoms with E-state index in [2.05, 4.69) is 10.2 Å². The number of carbonyl (C=O) groups excluding carboxylic acids is 2. The van der Waals surface area contributed by atoms with Crippen LogP contribution in [0.1, 0.15) is 31.2 Å². The lowest BCUT2D eigenvalue weighted by atomic mass is 9.97. The quantitative estimate of drug-likeness (QED) is 0.862. The van der Waals surface area contributed by atoms with E-state index >= 15 is 0 Å². The lowest BCUT2D eigenvalue weighted by molar-refractivity contribution is -0.165. The van der Waals surface area contributed by atoms with Crippen LogP contribution < -0.4 is 5.32 Å². The first-order valence-electron chi connectivity index (χ1n) is 8.03. The highest BCUT2D eigenvalue weighted by Crippen LogP contribution is 2.27. The van der Waals surface area contributed by atoms with Crippen molar-refractivity contribution in [2.75, 3.05) is 18.5 Å². The molecule has 0 saturated carbocycles. The number of esters is 1. The molecule has 1 aromatic rings. The first-order chi connectivity index (χ1) is 11.1. The molecule has 1 amide bonds. The normalized spacial score (nSPS) is 24.7. The Hall–Kier alpha value is -1.59. The molecule has 0 bridgehead atoms. The number of nitrogens with one attached hydrogen (secondary N) is 1. The van der Waals surface area contributed by atoms with Gasteiger partial charge in [-0.15, -0.1) is 0 Å². The topological polar surface area (TPSA) is 58.6 Å². The number of anilines is 1. The second-order valence-corrected chi connectivity index (χ2v) is 6.61. The second kappa shape index (κ2) is 6.89. The second-order valence-electron chi connectivity index (χ2n) is 6.20. The molecule has 2 aliphatic rings. The molecule has 1 aromatic carbocycles. The minimum atomic E-state index is -0.478. The summed E-state index contributed by atoms with van der Waals surface area (Å²) in [6.45, 7) is 3.16. The molecule has 2 heterocycles. The van der Waals surface area contributed by atoms with E-state index in [9.17, 15) is 9.59 Å². The van der Waals surface area contributed by atoms with Crippen molar-refractivity contribution in [3.05, 3.63) is 28.8 Å². The zero-order chi connectivity index (χ0) is 16.4. The van der Waals surface area contributed by atoms with E-state index in [1.54, 1.807) is 12.1 Å².